The second-order valence-corrected chi connectivity index (χ2v) is 8.95. The molecule has 2 amide bonds. The summed E-state index contributed by atoms with van der Waals surface area (Å²) in [5, 5.41) is 6.28. The Labute approximate surface area is 196 Å². The number of nitrogens with zero attached hydrogens (tertiary/aromatic N) is 1. The Morgan fingerprint density at radius 1 is 0.912 bits per heavy atom. The summed E-state index contributed by atoms with van der Waals surface area (Å²) in [6.07, 6.45) is -0.0829. The van der Waals surface area contributed by atoms with Gasteiger partial charge in [0.25, 0.3) is 0 Å². The molecule has 3 heterocycles. The zero-order valence-corrected chi connectivity index (χ0v) is 18.3. The minimum atomic E-state index is -1.16. The Hall–Kier alpha value is -4.13. The van der Waals surface area contributed by atoms with Crippen molar-refractivity contribution in [1.82, 2.24) is 10.2 Å². The maximum atomic E-state index is 13.7. The number of hydrogen-bond acceptors (Lipinski definition) is 5. The molecule has 6 rings (SSSR count). The third-order valence-electron chi connectivity index (χ3n) is 6.97. The molecule has 7 nitrogen and oxygen atoms in total. The number of carbonyl (C=O) groups is 3. The van der Waals surface area contributed by atoms with E-state index in [1.165, 1.54) is 0 Å². The average Bonchev–Trinajstić information content (AvgIpc) is 3.34. The molecule has 3 aliphatic heterocycles. The number of nitrogens with one attached hydrogen (secondary N) is 2. The van der Waals surface area contributed by atoms with Crippen LogP contribution in [0.4, 0.5) is 5.69 Å². The van der Waals surface area contributed by atoms with Gasteiger partial charge < -0.3 is 20.3 Å². The molecular formula is C27H23N3O4. The fourth-order valence-corrected chi connectivity index (χ4v) is 5.42. The van der Waals surface area contributed by atoms with Crippen molar-refractivity contribution < 1.29 is 19.1 Å². The summed E-state index contributed by atoms with van der Waals surface area (Å²) in [6, 6.07) is 24.5. The van der Waals surface area contributed by atoms with Crippen molar-refractivity contribution in [2.24, 2.45) is 0 Å². The molecule has 3 aromatic rings. The number of esters is 1. The topological polar surface area (TPSA) is 87.7 Å². The Balaban J connectivity index is 1.37. The second-order valence-electron chi connectivity index (χ2n) is 8.95. The summed E-state index contributed by atoms with van der Waals surface area (Å²) in [7, 11) is 0. The molecule has 3 aliphatic rings. The van der Waals surface area contributed by atoms with E-state index < -0.39 is 29.8 Å². The molecule has 0 radical (unpaired) electrons. The first-order valence-corrected chi connectivity index (χ1v) is 11.4. The molecule has 2 fully saturated rings. The van der Waals surface area contributed by atoms with Gasteiger partial charge in [-0.05, 0) is 23.8 Å². The van der Waals surface area contributed by atoms with Gasteiger partial charge in [-0.2, -0.15) is 0 Å². The smallest absolute Gasteiger partial charge is 0.339 e. The lowest BCUT2D eigenvalue weighted by molar-refractivity contribution is -0.149. The van der Waals surface area contributed by atoms with E-state index in [0.717, 1.165) is 16.8 Å². The van der Waals surface area contributed by atoms with Gasteiger partial charge in [-0.1, -0.05) is 66.7 Å². The zero-order chi connectivity index (χ0) is 23.3. The van der Waals surface area contributed by atoms with E-state index in [1.54, 1.807) is 29.2 Å². The molecule has 0 saturated carbocycles. The van der Waals surface area contributed by atoms with Crippen LogP contribution in [0.5, 0.6) is 0 Å². The maximum Gasteiger partial charge on any atom is 0.339 e. The van der Waals surface area contributed by atoms with Gasteiger partial charge in [0.15, 0.2) is 5.60 Å². The summed E-state index contributed by atoms with van der Waals surface area (Å²) < 4.78 is 6.20. The third kappa shape index (κ3) is 3.08. The molecule has 4 atom stereocenters. The highest BCUT2D eigenvalue weighted by atomic mass is 16.6. The van der Waals surface area contributed by atoms with Crippen molar-refractivity contribution in [3.05, 3.63) is 102 Å². The molecule has 170 valence electrons. The van der Waals surface area contributed by atoms with Crippen LogP contribution in [0.25, 0.3) is 0 Å². The van der Waals surface area contributed by atoms with Gasteiger partial charge in [-0.3, -0.25) is 9.59 Å². The van der Waals surface area contributed by atoms with E-state index in [1.807, 2.05) is 60.7 Å². The highest BCUT2D eigenvalue weighted by molar-refractivity contribution is 5.99. The van der Waals surface area contributed by atoms with Crippen LogP contribution in [0.15, 0.2) is 84.9 Å². The first-order valence-electron chi connectivity index (χ1n) is 11.4. The maximum absolute atomic E-state index is 13.7. The number of anilines is 1. The number of benzene rings is 3. The summed E-state index contributed by atoms with van der Waals surface area (Å²) in [6.45, 7) is 0. The van der Waals surface area contributed by atoms with Gasteiger partial charge in [0.2, 0.25) is 11.8 Å². The average molecular weight is 453 g/mol. The minimum absolute atomic E-state index is 0.184. The SMILES string of the molecule is O=C(O[C@]12C[C@H]3C(=O)N[C@@H](Cc4ccccc4)C(=O)N3[C@H]1Nc1ccccc12)c1ccccc1. The lowest BCUT2D eigenvalue weighted by atomic mass is 9.90. The largest absolute Gasteiger partial charge is 0.446 e. The lowest BCUT2D eigenvalue weighted by Gasteiger charge is -2.38. The highest BCUT2D eigenvalue weighted by Crippen LogP contribution is 2.52. The summed E-state index contributed by atoms with van der Waals surface area (Å²) in [5.41, 5.74) is 1.79. The number of fused-ring (bicyclic) bond motifs is 5. The Kier molecular flexibility index (Phi) is 4.65. The molecule has 2 N–H and O–H groups in total. The first kappa shape index (κ1) is 20.5. The van der Waals surface area contributed by atoms with Gasteiger partial charge in [0.1, 0.15) is 18.2 Å². The number of carbonyl (C=O) groups excluding carboxylic acids is 3. The van der Waals surface area contributed by atoms with E-state index in [-0.39, 0.29) is 18.2 Å². The summed E-state index contributed by atoms with van der Waals surface area (Å²) >= 11 is 0. The molecule has 2 saturated heterocycles. The van der Waals surface area contributed by atoms with Crippen LogP contribution in [0.3, 0.4) is 0 Å². The van der Waals surface area contributed by atoms with Crippen molar-refractivity contribution in [2.75, 3.05) is 5.32 Å². The number of rotatable bonds is 4. The number of hydrogen-bond donors (Lipinski definition) is 2. The van der Waals surface area contributed by atoms with Gasteiger partial charge in [0.05, 0.1) is 5.56 Å². The van der Waals surface area contributed by atoms with Crippen molar-refractivity contribution in [1.29, 1.82) is 0 Å². The number of para-hydroxylation sites is 1. The monoisotopic (exact) mass is 453 g/mol. The van der Waals surface area contributed by atoms with Crippen LogP contribution in [0.1, 0.15) is 27.9 Å². The first-order chi connectivity index (χ1) is 16.6. The molecule has 0 bridgehead atoms. The number of piperazine rings is 1. The molecular weight excluding hydrogens is 430 g/mol. The van der Waals surface area contributed by atoms with E-state index in [9.17, 15) is 14.4 Å². The molecule has 0 unspecified atom stereocenters. The Bertz CT molecular complexity index is 1280. The van der Waals surface area contributed by atoms with Crippen molar-refractivity contribution >= 4 is 23.5 Å². The van der Waals surface area contributed by atoms with Crippen LogP contribution < -0.4 is 10.6 Å². The van der Waals surface area contributed by atoms with Crippen molar-refractivity contribution in [3.63, 3.8) is 0 Å². The molecule has 0 aromatic heterocycles. The Morgan fingerprint density at radius 3 is 2.35 bits per heavy atom. The number of amides is 2. The van der Waals surface area contributed by atoms with Gasteiger partial charge in [-0.25, -0.2) is 4.79 Å². The molecule has 0 aliphatic carbocycles. The van der Waals surface area contributed by atoms with E-state index >= 15 is 0 Å². The summed E-state index contributed by atoms with van der Waals surface area (Å²) in [5.74, 6) is -0.904. The van der Waals surface area contributed by atoms with Gasteiger partial charge in [-0.15, -0.1) is 0 Å². The van der Waals surface area contributed by atoms with E-state index in [0.29, 0.717) is 12.0 Å². The van der Waals surface area contributed by atoms with Crippen molar-refractivity contribution in [3.8, 4) is 0 Å². The van der Waals surface area contributed by atoms with E-state index in [4.69, 9.17) is 4.74 Å². The minimum Gasteiger partial charge on any atom is -0.446 e. The third-order valence-corrected chi connectivity index (χ3v) is 6.97. The van der Waals surface area contributed by atoms with Gasteiger partial charge in [0, 0.05) is 24.1 Å². The normalized spacial score (nSPS) is 26.7. The van der Waals surface area contributed by atoms with Crippen LogP contribution in [-0.2, 0) is 26.3 Å². The van der Waals surface area contributed by atoms with Crippen LogP contribution in [-0.4, -0.2) is 40.9 Å². The van der Waals surface area contributed by atoms with Gasteiger partial charge >= 0.3 is 5.97 Å². The quantitative estimate of drug-likeness (QED) is 0.594. The predicted octanol–water partition coefficient (Wildman–Crippen LogP) is 2.83. The molecule has 0 spiro atoms. The van der Waals surface area contributed by atoms with Crippen molar-refractivity contribution in [2.45, 2.75) is 36.7 Å². The fraction of sp³-hybridized carbons (Fsp3) is 0.222. The molecule has 34 heavy (non-hydrogen) atoms. The van der Waals surface area contributed by atoms with Crippen LogP contribution >= 0.6 is 0 Å². The second kappa shape index (κ2) is 7.73. The summed E-state index contributed by atoms with van der Waals surface area (Å²) in [4.78, 5) is 41.6. The molecule has 7 heteroatoms. The van der Waals surface area contributed by atoms with Crippen LogP contribution in [0, 0.1) is 0 Å². The zero-order valence-electron chi connectivity index (χ0n) is 18.3. The Morgan fingerprint density at radius 2 is 1.59 bits per heavy atom. The highest BCUT2D eigenvalue weighted by Gasteiger charge is 2.65. The van der Waals surface area contributed by atoms with E-state index in [2.05, 4.69) is 10.6 Å². The molecule has 3 aromatic carbocycles. The lowest BCUT2D eigenvalue weighted by Crippen LogP contribution is -2.64. The predicted molar refractivity (Wildman–Crippen MR) is 125 cm³/mol. The standard InChI is InChI=1S/C27H23N3O4/c31-23-22-16-27(34-25(33)18-11-5-2-6-12-18)19-13-7-8-14-20(19)29-26(27)30(22)24(32)21(28-23)15-17-9-3-1-4-10-17/h1-14,21-22,26,29H,15-16H2,(H,28,31)/t21-,22-,26+,27-/m0/s1. The van der Waals surface area contributed by atoms with Crippen LogP contribution in [0.2, 0.25) is 0 Å². The number of ether oxygens (including phenoxy) is 1. The fourth-order valence-electron chi connectivity index (χ4n) is 5.42.